The molecule has 2 N–H and O–H groups in total. The molecule has 1 atom stereocenters. The maximum absolute atomic E-state index is 8.77. The third kappa shape index (κ3) is 5.62. The van der Waals surface area contributed by atoms with Crippen LogP contribution in [-0.4, -0.2) is 24.9 Å². The first kappa shape index (κ1) is 16.0. The summed E-state index contributed by atoms with van der Waals surface area (Å²) in [6.07, 6.45) is 2.81. The molecule has 0 fully saturated rings. The van der Waals surface area contributed by atoms with Crippen LogP contribution < -0.4 is 10.1 Å². The van der Waals surface area contributed by atoms with Gasteiger partial charge in [-0.15, -0.1) is 0 Å². The summed E-state index contributed by atoms with van der Waals surface area (Å²) in [5, 5.41) is 12.3. The monoisotopic (exact) mass is 265 g/mol. The highest BCUT2D eigenvalue weighted by Gasteiger charge is 2.11. The topological polar surface area (TPSA) is 41.5 Å². The van der Waals surface area contributed by atoms with Gasteiger partial charge < -0.3 is 15.2 Å². The van der Waals surface area contributed by atoms with Crippen molar-refractivity contribution in [3.8, 4) is 5.75 Å². The predicted octanol–water partition coefficient (Wildman–Crippen LogP) is 3.21. The molecule has 1 rings (SSSR count). The molecular formula is C16H27NO2. The van der Waals surface area contributed by atoms with Gasteiger partial charge in [0.05, 0.1) is 6.61 Å². The molecule has 0 aliphatic carbocycles. The predicted molar refractivity (Wildman–Crippen MR) is 79.7 cm³/mol. The van der Waals surface area contributed by atoms with E-state index < -0.39 is 0 Å². The maximum Gasteiger partial charge on any atom is 0.124 e. The van der Waals surface area contributed by atoms with Crippen molar-refractivity contribution in [2.75, 3.05) is 19.8 Å². The number of rotatable bonds is 9. The number of ether oxygens (including phenoxy) is 1. The van der Waals surface area contributed by atoms with Gasteiger partial charge in [0, 0.05) is 18.2 Å². The fourth-order valence-corrected chi connectivity index (χ4v) is 2.00. The minimum Gasteiger partial charge on any atom is -0.493 e. The maximum atomic E-state index is 8.77. The summed E-state index contributed by atoms with van der Waals surface area (Å²) in [5.41, 5.74) is 2.47. The van der Waals surface area contributed by atoms with Crippen LogP contribution in [0.15, 0.2) is 18.2 Å². The van der Waals surface area contributed by atoms with Crippen molar-refractivity contribution >= 4 is 0 Å². The number of hydrogen-bond acceptors (Lipinski definition) is 3. The molecule has 1 aromatic rings. The van der Waals surface area contributed by atoms with Crippen LogP contribution in [0.3, 0.4) is 0 Å². The molecule has 0 saturated heterocycles. The van der Waals surface area contributed by atoms with Gasteiger partial charge in [-0.1, -0.05) is 24.6 Å². The molecule has 0 radical (unpaired) electrons. The Bertz CT molecular complexity index is 366. The standard InChI is InChI=1S/C16H27NO2/c1-4-9-17-14(3)15-12-13(2)7-8-16(15)19-11-6-5-10-18/h7-8,12,14,17-18H,4-6,9-11H2,1-3H3. The van der Waals surface area contributed by atoms with Crippen LogP contribution in [0.5, 0.6) is 5.75 Å². The van der Waals surface area contributed by atoms with E-state index in [9.17, 15) is 0 Å². The average Bonchev–Trinajstić information content (AvgIpc) is 2.42. The number of hydrogen-bond donors (Lipinski definition) is 2. The fourth-order valence-electron chi connectivity index (χ4n) is 2.00. The first-order chi connectivity index (χ1) is 9.19. The van der Waals surface area contributed by atoms with Gasteiger partial charge in [-0.05, 0) is 45.7 Å². The molecule has 19 heavy (non-hydrogen) atoms. The molecule has 0 heterocycles. The van der Waals surface area contributed by atoms with Crippen molar-refractivity contribution in [2.45, 2.75) is 46.1 Å². The van der Waals surface area contributed by atoms with E-state index in [4.69, 9.17) is 9.84 Å². The van der Waals surface area contributed by atoms with E-state index in [0.717, 1.165) is 31.6 Å². The Labute approximate surface area is 117 Å². The van der Waals surface area contributed by atoms with E-state index in [2.05, 4.69) is 38.2 Å². The zero-order chi connectivity index (χ0) is 14.1. The largest absolute Gasteiger partial charge is 0.493 e. The molecule has 0 bridgehead atoms. The fraction of sp³-hybridized carbons (Fsp3) is 0.625. The average molecular weight is 265 g/mol. The van der Waals surface area contributed by atoms with Crippen molar-refractivity contribution in [1.29, 1.82) is 0 Å². The van der Waals surface area contributed by atoms with E-state index in [1.807, 2.05) is 6.07 Å². The van der Waals surface area contributed by atoms with Gasteiger partial charge in [0.15, 0.2) is 0 Å². The summed E-state index contributed by atoms with van der Waals surface area (Å²) in [7, 11) is 0. The van der Waals surface area contributed by atoms with Crippen LogP contribution in [0.25, 0.3) is 0 Å². The van der Waals surface area contributed by atoms with E-state index >= 15 is 0 Å². The second kappa shape index (κ2) is 8.94. The van der Waals surface area contributed by atoms with Crippen molar-refractivity contribution in [3.63, 3.8) is 0 Å². The lowest BCUT2D eigenvalue weighted by Crippen LogP contribution is -2.20. The Morgan fingerprint density at radius 3 is 2.79 bits per heavy atom. The van der Waals surface area contributed by atoms with Crippen LogP contribution in [-0.2, 0) is 0 Å². The quantitative estimate of drug-likeness (QED) is 0.674. The number of nitrogens with one attached hydrogen (secondary N) is 1. The lowest BCUT2D eigenvalue weighted by molar-refractivity contribution is 0.251. The second-order valence-electron chi connectivity index (χ2n) is 5.00. The van der Waals surface area contributed by atoms with Crippen LogP contribution >= 0.6 is 0 Å². The van der Waals surface area contributed by atoms with Crippen LogP contribution in [0.2, 0.25) is 0 Å². The molecular weight excluding hydrogens is 238 g/mol. The highest BCUT2D eigenvalue weighted by molar-refractivity contribution is 5.38. The van der Waals surface area contributed by atoms with Gasteiger partial charge in [0.25, 0.3) is 0 Å². The Balaban J connectivity index is 2.67. The zero-order valence-corrected chi connectivity index (χ0v) is 12.4. The van der Waals surface area contributed by atoms with E-state index in [1.54, 1.807) is 0 Å². The lowest BCUT2D eigenvalue weighted by atomic mass is 10.0. The third-order valence-electron chi connectivity index (χ3n) is 3.14. The molecule has 0 spiro atoms. The SMILES string of the molecule is CCCNC(C)c1cc(C)ccc1OCCCCO. The Morgan fingerprint density at radius 1 is 1.32 bits per heavy atom. The van der Waals surface area contributed by atoms with Gasteiger partial charge >= 0.3 is 0 Å². The first-order valence-electron chi connectivity index (χ1n) is 7.26. The zero-order valence-electron chi connectivity index (χ0n) is 12.4. The normalized spacial score (nSPS) is 12.4. The molecule has 0 saturated carbocycles. The summed E-state index contributed by atoms with van der Waals surface area (Å²) in [4.78, 5) is 0. The molecule has 0 aromatic heterocycles. The highest BCUT2D eigenvalue weighted by Crippen LogP contribution is 2.26. The summed E-state index contributed by atoms with van der Waals surface area (Å²) < 4.78 is 5.84. The molecule has 3 heteroatoms. The van der Waals surface area contributed by atoms with Crippen molar-refractivity contribution in [3.05, 3.63) is 29.3 Å². The Kier molecular flexibility index (Phi) is 7.53. The number of aliphatic hydroxyl groups is 1. The van der Waals surface area contributed by atoms with Gasteiger partial charge in [-0.2, -0.15) is 0 Å². The smallest absolute Gasteiger partial charge is 0.124 e. The molecule has 3 nitrogen and oxygen atoms in total. The van der Waals surface area contributed by atoms with Gasteiger partial charge in [0.2, 0.25) is 0 Å². The molecule has 0 aliphatic rings. The number of benzene rings is 1. The number of aryl methyl sites for hydroxylation is 1. The van der Waals surface area contributed by atoms with Gasteiger partial charge in [-0.3, -0.25) is 0 Å². The lowest BCUT2D eigenvalue weighted by Gasteiger charge is -2.19. The summed E-state index contributed by atoms with van der Waals surface area (Å²) >= 11 is 0. The van der Waals surface area contributed by atoms with Crippen molar-refractivity contribution in [1.82, 2.24) is 5.32 Å². The number of unbranched alkanes of at least 4 members (excludes halogenated alkanes) is 1. The van der Waals surface area contributed by atoms with Crippen molar-refractivity contribution in [2.24, 2.45) is 0 Å². The van der Waals surface area contributed by atoms with E-state index in [0.29, 0.717) is 12.6 Å². The van der Waals surface area contributed by atoms with E-state index in [1.165, 1.54) is 11.1 Å². The molecule has 1 unspecified atom stereocenters. The van der Waals surface area contributed by atoms with Crippen LogP contribution in [0.4, 0.5) is 0 Å². The second-order valence-corrected chi connectivity index (χ2v) is 5.00. The summed E-state index contributed by atoms with van der Waals surface area (Å²) in [5.74, 6) is 0.958. The first-order valence-corrected chi connectivity index (χ1v) is 7.26. The molecule has 108 valence electrons. The minimum atomic E-state index is 0.235. The molecule has 0 aliphatic heterocycles. The third-order valence-corrected chi connectivity index (χ3v) is 3.14. The van der Waals surface area contributed by atoms with Crippen LogP contribution in [0, 0.1) is 6.92 Å². The molecule has 1 aromatic carbocycles. The number of aliphatic hydroxyl groups excluding tert-OH is 1. The Hall–Kier alpha value is -1.06. The minimum absolute atomic E-state index is 0.235. The van der Waals surface area contributed by atoms with Gasteiger partial charge in [0.1, 0.15) is 5.75 Å². The summed E-state index contributed by atoms with van der Waals surface area (Å²) in [6, 6.07) is 6.62. The van der Waals surface area contributed by atoms with Crippen molar-refractivity contribution < 1.29 is 9.84 Å². The Morgan fingerprint density at radius 2 is 2.11 bits per heavy atom. The molecule has 0 amide bonds. The van der Waals surface area contributed by atoms with E-state index in [-0.39, 0.29) is 6.61 Å². The highest BCUT2D eigenvalue weighted by atomic mass is 16.5. The van der Waals surface area contributed by atoms with Crippen LogP contribution in [0.1, 0.15) is 50.3 Å². The summed E-state index contributed by atoms with van der Waals surface area (Å²) in [6.45, 7) is 8.35. The van der Waals surface area contributed by atoms with Gasteiger partial charge in [-0.25, -0.2) is 0 Å².